The summed E-state index contributed by atoms with van der Waals surface area (Å²) in [5.41, 5.74) is 1.06. The van der Waals surface area contributed by atoms with Gasteiger partial charge in [0.25, 0.3) is 0 Å². The summed E-state index contributed by atoms with van der Waals surface area (Å²) in [6.07, 6.45) is 0.520. The minimum atomic E-state index is -0.843. The molecule has 1 fully saturated rings. The molecule has 7 heteroatoms. The fourth-order valence-electron chi connectivity index (χ4n) is 2.39. The molecule has 0 aliphatic carbocycles. The molecule has 0 radical (unpaired) electrons. The van der Waals surface area contributed by atoms with Crippen molar-refractivity contribution in [1.82, 2.24) is 10.2 Å². The minimum Gasteiger partial charge on any atom is -0.481 e. The molecular formula is C15H20ClN3O3. The molecule has 0 aromatic heterocycles. The van der Waals surface area contributed by atoms with E-state index in [-0.39, 0.29) is 12.5 Å². The predicted molar refractivity (Wildman–Crippen MR) is 85.5 cm³/mol. The number of hydrogen-bond donors (Lipinski definition) is 2. The van der Waals surface area contributed by atoms with E-state index in [4.69, 9.17) is 16.7 Å². The maximum Gasteiger partial charge on any atom is 0.317 e. The lowest BCUT2D eigenvalue weighted by Crippen LogP contribution is -2.52. The second-order valence-electron chi connectivity index (χ2n) is 5.18. The van der Waals surface area contributed by atoms with E-state index >= 15 is 0 Å². The summed E-state index contributed by atoms with van der Waals surface area (Å²) in [4.78, 5) is 26.3. The van der Waals surface area contributed by atoms with Gasteiger partial charge in [-0.25, -0.2) is 4.79 Å². The van der Waals surface area contributed by atoms with Gasteiger partial charge in [-0.1, -0.05) is 17.7 Å². The number of urea groups is 1. The van der Waals surface area contributed by atoms with Crippen molar-refractivity contribution in [2.45, 2.75) is 12.8 Å². The summed E-state index contributed by atoms with van der Waals surface area (Å²) in [5.74, 6) is -0.843. The van der Waals surface area contributed by atoms with Crippen LogP contribution >= 0.6 is 11.6 Å². The van der Waals surface area contributed by atoms with Crippen LogP contribution in [0.4, 0.5) is 10.5 Å². The lowest BCUT2D eigenvalue weighted by Gasteiger charge is -2.36. The fraction of sp³-hybridized carbons (Fsp3) is 0.467. The number of nitrogens with one attached hydrogen (secondary N) is 1. The third-order valence-corrected chi connectivity index (χ3v) is 3.82. The molecule has 2 amide bonds. The van der Waals surface area contributed by atoms with Gasteiger partial charge in [0.15, 0.2) is 0 Å². The molecule has 0 saturated carbocycles. The monoisotopic (exact) mass is 325 g/mol. The highest BCUT2D eigenvalue weighted by Gasteiger charge is 2.21. The molecule has 2 rings (SSSR count). The van der Waals surface area contributed by atoms with Gasteiger partial charge in [0.05, 0.1) is 0 Å². The average Bonchev–Trinajstić information content (AvgIpc) is 2.51. The molecule has 1 heterocycles. The van der Waals surface area contributed by atoms with E-state index in [1.54, 1.807) is 4.90 Å². The van der Waals surface area contributed by atoms with Crippen LogP contribution in [0.3, 0.4) is 0 Å². The largest absolute Gasteiger partial charge is 0.481 e. The number of hydrogen-bond acceptors (Lipinski definition) is 3. The number of nitrogens with zero attached hydrogens (tertiary/aromatic N) is 2. The smallest absolute Gasteiger partial charge is 0.317 e. The standard InChI is InChI=1S/C15H20ClN3O3/c16-12-3-1-4-13(11-12)18-7-9-19(10-8-18)15(22)17-6-2-5-14(20)21/h1,3-4,11H,2,5-10H2,(H,17,22)(H,20,21). The molecule has 0 spiro atoms. The number of benzene rings is 1. The Morgan fingerprint density at radius 2 is 1.95 bits per heavy atom. The molecular weight excluding hydrogens is 306 g/mol. The lowest BCUT2D eigenvalue weighted by molar-refractivity contribution is -0.137. The van der Waals surface area contributed by atoms with Crippen LogP contribution in [0.25, 0.3) is 0 Å². The minimum absolute atomic E-state index is 0.0722. The summed E-state index contributed by atoms with van der Waals surface area (Å²) < 4.78 is 0. The second-order valence-corrected chi connectivity index (χ2v) is 5.62. The van der Waals surface area contributed by atoms with Crippen molar-refractivity contribution in [3.05, 3.63) is 29.3 Å². The third-order valence-electron chi connectivity index (χ3n) is 3.58. The summed E-state index contributed by atoms with van der Waals surface area (Å²) >= 11 is 5.99. The summed E-state index contributed by atoms with van der Waals surface area (Å²) in [7, 11) is 0. The van der Waals surface area contributed by atoms with Crippen LogP contribution in [0.2, 0.25) is 5.02 Å². The topological polar surface area (TPSA) is 72.9 Å². The summed E-state index contributed by atoms with van der Waals surface area (Å²) in [6.45, 7) is 3.17. The molecule has 22 heavy (non-hydrogen) atoms. The van der Waals surface area contributed by atoms with Crippen molar-refractivity contribution in [3.63, 3.8) is 0 Å². The first kappa shape index (κ1) is 16.4. The molecule has 0 atom stereocenters. The Kier molecular flexibility index (Phi) is 5.89. The van der Waals surface area contributed by atoms with Crippen LogP contribution in [0, 0.1) is 0 Å². The number of rotatable bonds is 5. The van der Waals surface area contributed by atoms with Crippen LogP contribution in [-0.4, -0.2) is 54.7 Å². The van der Waals surface area contributed by atoms with Gasteiger partial charge in [0, 0.05) is 49.9 Å². The van der Waals surface area contributed by atoms with E-state index in [0.717, 1.165) is 18.8 Å². The van der Waals surface area contributed by atoms with Gasteiger partial charge < -0.3 is 20.2 Å². The molecule has 6 nitrogen and oxygen atoms in total. The van der Waals surface area contributed by atoms with Crippen LogP contribution < -0.4 is 10.2 Å². The Morgan fingerprint density at radius 3 is 2.59 bits per heavy atom. The van der Waals surface area contributed by atoms with Gasteiger partial charge in [-0.2, -0.15) is 0 Å². The summed E-state index contributed by atoms with van der Waals surface area (Å²) in [5, 5.41) is 12.0. The highest BCUT2D eigenvalue weighted by atomic mass is 35.5. The second kappa shape index (κ2) is 7.89. The number of carboxylic acids is 1. The van der Waals surface area contributed by atoms with Crippen LogP contribution in [0.5, 0.6) is 0 Å². The zero-order chi connectivity index (χ0) is 15.9. The van der Waals surface area contributed by atoms with E-state index in [1.165, 1.54) is 0 Å². The van der Waals surface area contributed by atoms with E-state index in [2.05, 4.69) is 10.2 Å². The first-order valence-corrected chi connectivity index (χ1v) is 7.69. The van der Waals surface area contributed by atoms with Crippen molar-refractivity contribution in [2.24, 2.45) is 0 Å². The zero-order valence-electron chi connectivity index (χ0n) is 12.3. The van der Waals surface area contributed by atoms with Crippen LogP contribution in [0.1, 0.15) is 12.8 Å². The molecule has 1 aliphatic heterocycles. The fourth-order valence-corrected chi connectivity index (χ4v) is 2.57. The van der Waals surface area contributed by atoms with Gasteiger partial charge in [0.1, 0.15) is 0 Å². The van der Waals surface area contributed by atoms with Crippen molar-refractivity contribution in [3.8, 4) is 0 Å². The molecule has 1 aromatic carbocycles. The van der Waals surface area contributed by atoms with Crippen molar-refractivity contribution in [1.29, 1.82) is 0 Å². The zero-order valence-corrected chi connectivity index (χ0v) is 13.1. The molecule has 1 aromatic rings. The number of piperazine rings is 1. The van der Waals surface area contributed by atoms with Crippen molar-refractivity contribution < 1.29 is 14.7 Å². The van der Waals surface area contributed by atoms with Crippen LogP contribution in [-0.2, 0) is 4.79 Å². The van der Waals surface area contributed by atoms with Gasteiger partial charge in [-0.15, -0.1) is 0 Å². The highest BCUT2D eigenvalue weighted by Crippen LogP contribution is 2.20. The molecule has 0 bridgehead atoms. The predicted octanol–water partition coefficient (Wildman–Crippen LogP) is 2.04. The number of halogens is 1. The number of carboxylic acid groups (broad SMARTS) is 1. The van der Waals surface area contributed by atoms with Crippen LogP contribution in [0.15, 0.2) is 24.3 Å². The van der Waals surface area contributed by atoms with E-state index in [9.17, 15) is 9.59 Å². The molecule has 0 unspecified atom stereocenters. The molecule has 120 valence electrons. The Bertz CT molecular complexity index is 531. The van der Waals surface area contributed by atoms with Crippen molar-refractivity contribution >= 4 is 29.3 Å². The van der Waals surface area contributed by atoms with Gasteiger partial charge in [0.2, 0.25) is 0 Å². The first-order chi connectivity index (χ1) is 10.6. The molecule has 2 N–H and O–H groups in total. The van der Waals surface area contributed by atoms with Crippen molar-refractivity contribution in [2.75, 3.05) is 37.6 Å². The number of aliphatic carboxylic acids is 1. The normalized spacial score (nSPS) is 14.8. The number of amides is 2. The summed E-state index contributed by atoms with van der Waals surface area (Å²) in [6, 6.07) is 7.55. The van der Waals surface area contributed by atoms with E-state index in [1.807, 2.05) is 24.3 Å². The van der Waals surface area contributed by atoms with Gasteiger partial charge >= 0.3 is 12.0 Å². The van der Waals surface area contributed by atoms with Gasteiger partial charge in [-0.05, 0) is 24.6 Å². The lowest BCUT2D eigenvalue weighted by atomic mass is 10.2. The number of carbonyl (C=O) groups is 2. The van der Waals surface area contributed by atoms with Gasteiger partial charge in [-0.3, -0.25) is 4.79 Å². The number of anilines is 1. The molecule has 1 aliphatic rings. The average molecular weight is 326 g/mol. The maximum atomic E-state index is 12.0. The molecule has 1 saturated heterocycles. The quantitative estimate of drug-likeness (QED) is 0.813. The Labute approximate surface area is 134 Å². The maximum absolute atomic E-state index is 12.0. The Morgan fingerprint density at radius 1 is 1.23 bits per heavy atom. The highest BCUT2D eigenvalue weighted by molar-refractivity contribution is 6.30. The Balaban J connectivity index is 1.74. The SMILES string of the molecule is O=C(O)CCCNC(=O)N1CCN(c2cccc(Cl)c2)CC1. The Hall–Kier alpha value is -1.95. The first-order valence-electron chi connectivity index (χ1n) is 7.31. The third kappa shape index (κ3) is 4.80. The van der Waals surface area contributed by atoms with E-state index < -0.39 is 5.97 Å². The van der Waals surface area contributed by atoms with E-state index in [0.29, 0.717) is 31.1 Å². The number of carbonyl (C=O) groups excluding carboxylic acids is 1.